The number of sulfone groups is 1. The van der Waals surface area contributed by atoms with E-state index in [0.29, 0.717) is 6.42 Å². The molecule has 1 saturated carbocycles. The SMILES string of the molecule is CC1CCCC1(C#N)S(=O)(=O)c1ccc(F)cc1. The molecular weight excluding hydrogens is 253 g/mol. The lowest BCUT2D eigenvalue weighted by molar-refractivity contribution is 0.494. The van der Waals surface area contributed by atoms with Crippen LogP contribution < -0.4 is 0 Å². The summed E-state index contributed by atoms with van der Waals surface area (Å²) in [6.45, 7) is 1.79. The van der Waals surface area contributed by atoms with Crippen molar-refractivity contribution in [2.45, 2.75) is 35.8 Å². The van der Waals surface area contributed by atoms with Gasteiger partial charge < -0.3 is 0 Å². The van der Waals surface area contributed by atoms with Crippen LogP contribution in [0.5, 0.6) is 0 Å². The van der Waals surface area contributed by atoms with E-state index in [9.17, 15) is 18.1 Å². The molecule has 5 heteroatoms. The van der Waals surface area contributed by atoms with Crippen molar-refractivity contribution >= 4 is 9.84 Å². The highest BCUT2D eigenvalue weighted by Crippen LogP contribution is 2.44. The molecular formula is C13H14FNO2S. The Bertz CT molecular complexity index is 588. The number of halogens is 1. The van der Waals surface area contributed by atoms with Crippen molar-refractivity contribution < 1.29 is 12.8 Å². The minimum absolute atomic E-state index is 0.0270. The fraction of sp³-hybridized carbons (Fsp3) is 0.462. The summed E-state index contributed by atoms with van der Waals surface area (Å²) in [7, 11) is -3.74. The molecule has 2 unspecified atom stereocenters. The average molecular weight is 267 g/mol. The van der Waals surface area contributed by atoms with Crippen LogP contribution in [0.1, 0.15) is 26.2 Å². The van der Waals surface area contributed by atoms with E-state index in [0.717, 1.165) is 25.0 Å². The molecule has 3 nitrogen and oxygen atoms in total. The number of nitriles is 1. The minimum Gasteiger partial charge on any atom is -0.222 e. The molecule has 18 heavy (non-hydrogen) atoms. The fourth-order valence-corrected chi connectivity index (χ4v) is 4.70. The van der Waals surface area contributed by atoms with Gasteiger partial charge in [0.05, 0.1) is 11.0 Å². The Kier molecular flexibility index (Phi) is 3.16. The van der Waals surface area contributed by atoms with Crippen LogP contribution in [-0.4, -0.2) is 13.2 Å². The quantitative estimate of drug-likeness (QED) is 0.774. The van der Waals surface area contributed by atoms with E-state index in [2.05, 4.69) is 0 Å². The van der Waals surface area contributed by atoms with Crippen molar-refractivity contribution in [3.63, 3.8) is 0 Å². The van der Waals surface area contributed by atoms with Crippen LogP contribution in [0, 0.1) is 23.1 Å². The molecule has 2 rings (SSSR count). The highest BCUT2D eigenvalue weighted by Gasteiger charge is 2.52. The summed E-state index contributed by atoms with van der Waals surface area (Å²) in [6, 6.07) is 6.68. The second-order valence-corrected chi connectivity index (χ2v) is 6.96. The van der Waals surface area contributed by atoms with Gasteiger partial charge >= 0.3 is 0 Å². The molecule has 0 amide bonds. The first-order valence-electron chi connectivity index (χ1n) is 5.85. The Labute approximate surface area is 106 Å². The van der Waals surface area contributed by atoms with E-state index < -0.39 is 20.4 Å². The van der Waals surface area contributed by atoms with Crippen molar-refractivity contribution in [1.82, 2.24) is 0 Å². The van der Waals surface area contributed by atoms with Gasteiger partial charge in [-0.25, -0.2) is 12.8 Å². The van der Waals surface area contributed by atoms with E-state index in [4.69, 9.17) is 0 Å². The third kappa shape index (κ3) is 1.72. The lowest BCUT2D eigenvalue weighted by Crippen LogP contribution is -2.39. The zero-order chi connectivity index (χ0) is 13.4. The van der Waals surface area contributed by atoms with Crippen molar-refractivity contribution in [3.8, 4) is 6.07 Å². The predicted octanol–water partition coefficient (Wildman–Crippen LogP) is 2.68. The molecule has 1 fully saturated rings. The molecule has 1 aliphatic carbocycles. The van der Waals surface area contributed by atoms with Gasteiger partial charge in [0.25, 0.3) is 0 Å². The summed E-state index contributed by atoms with van der Waals surface area (Å²) >= 11 is 0. The van der Waals surface area contributed by atoms with Gasteiger partial charge in [0, 0.05) is 0 Å². The maximum atomic E-state index is 12.8. The topological polar surface area (TPSA) is 57.9 Å². The van der Waals surface area contributed by atoms with Crippen LogP contribution in [-0.2, 0) is 9.84 Å². The summed E-state index contributed by atoms with van der Waals surface area (Å²) in [6.07, 6.45) is 1.81. The Morgan fingerprint density at radius 3 is 2.44 bits per heavy atom. The largest absolute Gasteiger partial charge is 0.222 e. The first-order chi connectivity index (χ1) is 8.44. The second kappa shape index (κ2) is 4.36. The van der Waals surface area contributed by atoms with Gasteiger partial charge in [-0.3, -0.25) is 0 Å². The van der Waals surface area contributed by atoms with Crippen molar-refractivity contribution in [2.75, 3.05) is 0 Å². The maximum absolute atomic E-state index is 12.8. The Morgan fingerprint density at radius 1 is 1.39 bits per heavy atom. The molecule has 1 aliphatic rings. The first-order valence-corrected chi connectivity index (χ1v) is 7.34. The molecule has 0 aromatic heterocycles. The van der Waals surface area contributed by atoms with Crippen molar-refractivity contribution in [1.29, 1.82) is 5.26 Å². The van der Waals surface area contributed by atoms with Crippen LogP contribution in [0.2, 0.25) is 0 Å². The average Bonchev–Trinajstić information content (AvgIpc) is 2.72. The molecule has 0 N–H and O–H groups in total. The zero-order valence-electron chi connectivity index (χ0n) is 10.1. The molecule has 0 saturated heterocycles. The maximum Gasteiger partial charge on any atom is 0.197 e. The summed E-state index contributed by atoms with van der Waals surface area (Å²) in [5, 5.41) is 9.34. The van der Waals surface area contributed by atoms with Crippen LogP contribution in [0.25, 0.3) is 0 Å². The molecule has 0 heterocycles. The summed E-state index contributed by atoms with van der Waals surface area (Å²) in [4.78, 5) is 0.0270. The minimum atomic E-state index is -3.74. The van der Waals surface area contributed by atoms with Crippen LogP contribution in [0.15, 0.2) is 29.2 Å². The van der Waals surface area contributed by atoms with Crippen molar-refractivity contribution in [3.05, 3.63) is 30.1 Å². The van der Waals surface area contributed by atoms with Crippen LogP contribution in [0.4, 0.5) is 4.39 Å². The van der Waals surface area contributed by atoms with Gasteiger partial charge in [0.1, 0.15) is 5.82 Å². The number of hydrogen-bond acceptors (Lipinski definition) is 3. The molecule has 0 bridgehead atoms. The second-order valence-electron chi connectivity index (χ2n) is 4.75. The van der Waals surface area contributed by atoms with E-state index in [1.807, 2.05) is 6.07 Å². The molecule has 1 aromatic carbocycles. The number of nitrogens with zero attached hydrogens (tertiary/aromatic N) is 1. The van der Waals surface area contributed by atoms with Gasteiger partial charge in [-0.15, -0.1) is 0 Å². The molecule has 2 atom stereocenters. The van der Waals surface area contributed by atoms with E-state index in [-0.39, 0.29) is 10.8 Å². The lowest BCUT2D eigenvalue weighted by atomic mass is 9.99. The van der Waals surface area contributed by atoms with Gasteiger partial charge in [0.15, 0.2) is 14.6 Å². The van der Waals surface area contributed by atoms with Gasteiger partial charge in [-0.1, -0.05) is 13.3 Å². The molecule has 1 aromatic rings. The molecule has 0 spiro atoms. The number of rotatable bonds is 2. The summed E-state index contributed by atoms with van der Waals surface area (Å²) in [5.41, 5.74) is 0. The first kappa shape index (κ1) is 13.0. The molecule has 0 aliphatic heterocycles. The molecule has 96 valence electrons. The van der Waals surface area contributed by atoms with Gasteiger partial charge in [-0.2, -0.15) is 5.26 Å². The normalized spacial score (nSPS) is 27.9. The molecule has 0 radical (unpaired) electrons. The van der Waals surface area contributed by atoms with E-state index in [1.165, 1.54) is 12.1 Å². The highest BCUT2D eigenvalue weighted by atomic mass is 32.2. The number of hydrogen-bond donors (Lipinski definition) is 0. The summed E-state index contributed by atoms with van der Waals surface area (Å²) < 4.78 is 36.6. The van der Waals surface area contributed by atoms with Gasteiger partial charge in [-0.05, 0) is 43.0 Å². The predicted molar refractivity (Wildman–Crippen MR) is 64.9 cm³/mol. The highest BCUT2D eigenvalue weighted by molar-refractivity contribution is 7.93. The van der Waals surface area contributed by atoms with Crippen molar-refractivity contribution in [2.24, 2.45) is 5.92 Å². The smallest absolute Gasteiger partial charge is 0.197 e. The monoisotopic (exact) mass is 267 g/mol. The van der Waals surface area contributed by atoms with Gasteiger partial charge in [0.2, 0.25) is 0 Å². The third-order valence-electron chi connectivity index (χ3n) is 3.77. The number of benzene rings is 1. The Morgan fingerprint density at radius 2 is 2.00 bits per heavy atom. The van der Waals surface area contributed by atoms with Crippen LogP contribution in [0.3, 0.4) is 0 Å². The Hall–Kier alpha value is -1.41. The Balaban J connectivity index is 2.55. The third-order valence-corrected chi connectivity index (χ3v) is 6.32. The standard InChI is InChI=1S/C13H14FNO2S/c1-10-3-2-8-13(10,9-15)18(16,17)12-6-4-11(14)5-7-12/h4-7,10H,2-3,8H2,1H3. The fourth-order valence-electron chi connectivity index (χ4n) is 2.60. The van der Waals surface area contributed by atoms with E-state index in [1.54, 1.807) is 6.92 Å². The van der Waals surface area contributed by atoms with E-state index >= 15 is 0 Å². The van der Waals surface area contributed by atoms with Crippen LogP contribution >= 0.6 is 0 Å². The lowest BCUT2D eigenvalue weighted by Gasteiger charge is -2.25. The summed E-state index contributed by atoms with van der Waals surface area (Å²) in [5.74, 6) is -0.683. The zero-order valence-corrected chi connectivity index (χ0v) is 10.9.